The van der Waals surface area contributed by atoms with Crippen LogP contribution in [0.2, 0.25) is 0 Å². The van der Waals surface area contributed by atoms with E-state index in [1.165, 1.54) is 193 Å². The molecule has 490 valence electrons. The largest absolute Gasteiger partial charge is 0.394 e. The van der Waals surface area contributed by atoms with E-state index in [-0.39, 0.29) is 12.5 Å². The first-order valence-corrected chi connectivity index (χ1v) is 36.7. The van der Waals surface area contributed by atoms with Crippen LogP contribution < -0.4 is 5.32 Å². The number of allylic oxidation sites excluding steroid dienone is 25. The highest BCUT2D eigenvalue weighted by Crippen LogP contribution is 2.18. The van der Waals surface area contributed by atoms with Gasteiger partial charge in [0.1, 0.15) is 0 Å². The lowest BCUT2D eigenvalue weighted by molar-refractivity contribution is -0.123. The Balaban J connectivity index is 3.61. The number of carbonyl (C=O) groups is 1. The fourth-order valence-corrected chi connectivity index (χ4v) is 10.5. The standard InChI is InChI=1S/C82H139NO3/c1-3-5-7-9-11-13-15-17-19-21-23-25-27-29-31-33-35-37-38-39-40-41-42-43-44-46-48-50-52-54-56-58-60-62-64-66-68-70-72-74-76-78-82(86)83-80(79-84)81(85)77-75-73-71-69-67-65-63-61-59-57-55-53-51-49-47-45-36-34-32-30-28-26-24-22-20-18-16-14-12-10-8-6-4-2/h5,7,11,13,17,19,23,25,29,31,35,37,39-40,42-43,46,48,52,54,58,60,64,66,75,77,80-81,84-85H,3-4,6,8-10,12,14-16,18,20-22,24,26-28,30,32-34,36,38,41,44-45,47,49-51,53,55-57,59,61-63,65,67-74,76,78-79H2,1-2H3,(H,83,86)/b7-5-,13-11-,19-17-,25-23-,31-29-,37-35-,40-39-,43-42-,48-46-,54-52-,60-58-,66-64-,77-75+. The fraction of sp³-hybridized carbons (Fsp3) is 0.671. The minimum absolute atomic E-state index is 0.0908. The van der Waals surface area contributed by atoms with E-state index >= 15 is 0 Å². The van der Waals surface area contributed by atoms with Crippen LogP contribution >= 0.6 is 0 Å². The van der Waals surface area contributed by atoms with E-state index in [1.807, 2.05) is 6.08 Å². The van der Waals surface area contributed by atoms with Crippen molar-refractivity contribution in [2.75, 3.05) is 6.61 Å². The molecule has 0 rings (SSSR count). The van der Waals surface area contributed by atoms with Crippen molar-refractivity contribution in [1.82, 2.24) is 5.32 Å². The second kappa shape index (κ2) is 75.3. The average molecular weight is 1190 g/mol. The molecule has 1 amide bonds. The number of rotatable bonds is 66. The zero-order valence-electron chi connectivity index (χ0n) is 56.5. The minimum Gasteiger partial charge on any atom is -0.394 e. The van der Waals surface area contributed by atoms with Crippen LogP contribution in [0, 0.1) is 0 Å². The SMILES string of the molecule is CC/C=C\C/C=C\C/C=C\C/C=C\C/C=C\C/C=C\C/C=C\C/C=C\C/C=C\C/C=C\C/C=C\C/C=C\CCCCCCC(=O)NC(CO)C(O)/C=C/CCCCCCCCCCCCCCCCCCCCCCCCCCCCCCCCC. The molecule has 0 spiro atoms. The Morgan fingerprint density at radius 2 is 0.512 bits per heavy atom. The zero-order chi connectivity index (χ0) is 61.9. The summed E-state index contributed by atoms with van der Waals surface area (Å²) in [6, 6.07) is -0.650. The molecule has 3 N–H and O–H groups in total. The monoisotopic (exact) mass is 1190 g/mol. The molecule has 4 nitrogen and oxygen atoms in total. The number of hydrogen-bond donors (Lipinski definition) is 3. The molecule has 0 aromatic heterocycles. The van der Waals surface area contributed by atoms with Gasteiger partial charge in [-0.1, -0.05) is 377 Å². The van der Waals surface area contributed by atoms with E-state index in [2.05, 4.69) is 165 Å². The van der Waals surface area contributed by atoms with Crippen LogP contribution in [-0.4, -0.2) is 34.9 Å². The van der Waals surface area contributed by atoms with Gasteiger partial charge in [-0.3, -0.25) is 4.79 Å². The average Bonchev–Trinajstić information content (AvgIpc) is 3.59. The molecule has 0 saturated carbocycles. The molecule has 0 aliphatic rings. The van der Waals surface area contributed by atoms with Crippen LogP contribution in [0.3, 0.4) is 0 Å². The van der Waals surface area contributed by atoms with Gasteiger partial charge in [0.15, 0.2) is 0 Å². The van der Waals surface area contributed by atoms with Crippen molar-refractivity contribution in [1.29, 1.82) is 0 Å². The number of nitrogens with one attached hydrogen (secondary N) is 1. The highest BCUT2D eigenvalue weighted by Gasteiger charge is 2.18. The maximum absolute atomic E-state index is 12.5. The quantitative estimate of drug-likeness (QED) is 0.0420. The summed E-state index contributed by atoms with van der Waals surface area (Å²) < 4.78 is 0. The summed E-state index contributed by atoms with van der Waals surface area (Å²) in [5.41, 5.74) is 0. The zero-order valence-corrected chi connectivity index (χ0v) is 56.5. The van der Waals surface area contributed by atoms with Crippen molar-refractivity contribution in [2.24, 2.45) is 0 Å². The number of unbranched alkanes of at least 4 members (excludes halogenated alkanes) is 35. The molecular weight excluding hydrogens is 1050 g/mol. The molecule has 86 heavy (non-hydrogen) atoms. The van der Waals surface area contributed by atoms with Crippen molar-refractivity contribution in [3.8, 4) is 0 Å². The highest BCUT2D eigenvalue weighted by molar-refractivity contribution is 5.76. The number of hydrogen-bond acceptors (Lipinski definition) is 3. The molecule has 0 radical (unpaired) electrons. The first-order chi connectivity index (χ1) is 42.7. The van der Waals surface area contributed by atoms with Gasteiger partial charge in [-0.25, -0.2) is 0 Å². The van der Waals surface area contributed by atoms with Gasteiger partial charge < -0.3 is 15.5 Å². The van der Waals surface area contributed by atoms with Crippen LogP contribution in [0.25, 0.3) is 0 Å². The smallest absolute Gasteiger partial charge is 0.220 e. The molecule has 0 aromatic rings. The molecule has 0 fully saturated rings. The molecule has 0 aliphatic carbocycles. The predicted octanol–water partition coefficient (Wildman–Crippen LogP) is 25.6. The van der Waals surface area contributed by atoms with Crippen molar-refractivity contribution in [3.05, 3.63) is 158 Å². The van der Waals surface area contributed by atoms with E-state index < -0.39 is 12.1 Å². The second-order valence-electron chi connectivity index (χ2n) is 24.3. The van der Waals surface area contributed by atoms with Gasteiger partial charge in [0.25, 0.3) is 0 Å². The number of carbonyl (C=O) groups excluding carboxylic acids is 1. The summed E-state index contributed by atoms with van der Waals surface area (Å²) in [6.45, 7) is 4.20. The Morgan fingerprint density at radius 1 is 0.291 bits per heavy atom. The summed E-state index contributed by atoms with van der Waals surface area (Å²) in [7, 11) is 0. The molecule has 0 aliphatic heterocycles. The molecule has 0 heterocycles. The van der Waals surface area contributed by atoms with Gasteiger partial charge in [-0.05, 0) is 109 Å². The van der Waals surface area contributed by atoms with Crippen LogP contribution in [0.5, 0.6) is 0 Å². The van der Waals surface area contributed by atoms with Crippen LogP contribution in [0.4, 0.5) is 0 Å². The third-order valence-corrected chi connectivity index (χ3v) is 16.0. The maximum Gasteiger partial charge on any atom is 0.220 e. The van der Waals surface area contributed by atoms with E-state index in [1.54, 1.807) is 6.08 Å². The van der Waals surface area contributed by atoms with Crippen molar-refractivity contribution >= 4 is 5.91 Å². The third-order valence-electron chi connectivity index (χ3n) is 16.0. The maximum atomic E-state index is 12.5. The van der Waals surface area contributed by atoms with Gasteiger partial charge in [0.05, 0.1) is 18.8 Å². The first-order valence-electron chi connectivity index (χ1n) is 36.7. The summed E-state index contributed by atoms with van der Waals surface area (Å²) in [5.74, 6) is -0.0908. The summed E-state index contributed by atoms with van der Waals surface area (Å²) in [4.78, 5) is 12.5. The molecule has 0 bridgehead atoms. The summed E-state index contributed by atoms with van der Waals surface area (Å²) in [6.07, 6.45) is 119. The van der Waals surface area contributed by atoms with Crippen LogP contribution in [0.1, 0.15) is 335 Å². The van der Waals surface area contributed by atoms with Crippen molar-refractivity contribution < 1.29 is 15.0 Å². The Labute approximate surface area is 535 Å². The first kappa shape index (κ1) is 82.0. The molecule has 0 aromatic carbocycles. The van der Waals surface area contributed by atoms with Crippen LogP contribution in [-0.2, 0) is 4.79 Å². The lowest BCUT2D eigenvalue weighted by Crippen LogP contribution is -2.45. The second-order valence-corrected chi connectivity index (χ2v) is 24.3. The van der Waals surface area contributed by atoms with E-state index in [0.717, 1.165) is 122 Å². The van der Waals surface area contributed by atoms with Crippen LogP contribution in [0.15, 0.2) is 158 Å². The van der Waals surface area contributed by atoms with Gasteiger partial charge in [-0.2, -0.15) is 0 Å². The number of amides is 1. The summed E-state index contributed by atoms with van der Waals surface area (Å²) >= 11 is 0. The van der Waals surface area contributed by atoms with E-state index in [9.17, 15) is 15.0 Å². The molecule has 2 unspecified atom stereocenters. The topological polar surface area (TPSA) is 69.6 Å². The Morgan fingerprint density at radius 3 is 0.767 bits per heavy atom. The van der Waals surface area contributed by atoms with E-state index in [4.69, 9.17) is 0 Å². The fourth-order valence-electron chi connectivity index (χ4n) is 10.5. The normalized spacial score (nSPS) is 13.7. The molecule has 0 saturated heterocycles. The van der Waals surface area contributed by atoms with Gasteiger partial charge in [-0.15, -0.1) is 0 Å². The minimum atomic E-state index is -0.864. The number of aliphatic hydroxyl groups excluding tert-OH is 2. The van der Waals surface area contributed by atoms with E-state index in [0.29, 0.717) is 6.42 Å². The predicted molar refractivity (Wildman–Crippen MR) is 386 cm³/mol. The van der Waals surface area contributed by atoms with Gasteiger partial charge in [0.2, 0.25) is 5.91 Å². The molecule has 2 atom stereocenters. The van der Waals surface area contributed by atoms with Gasteiger partial charge in [0, 0.05) is 6.42 Å². The highest BCUT2D eigenvalue weighted by atomic mass is 16.3. The lowest BCUT2D eigenvalue weighted by atomic mass is 10.0. The Hall–Kier alpha value is -3.99. The summed E-state index contributed by atoms with van der Waals surface area (Å²) in [5, 5.41) is 23.3. The Bertz CT molecular complexity index is 1780. The lowest BCUT2D eigenvalue weighted by Gasteiger charge is -2.20. The molecular formula is C82H139NO3. The number of aliphatic hydroxyl groups is 2. The van der Waals surface area contributed by atoms with Gasteiger partial charge >= 0.3 is 0 Å². The van der Waals surface area contributed by atoms with Crippen molar-refractivity contribution in [3.63, 3.8) is 0 Å². The third kappa shape index (κ3) is 70.8. The molecule has 4 heteroatoms. The van der Waals surface area contributed by atoms with Crippen molar-refractivity contribution in [2.45, 2.75) is 347 Å². The Kier molecular flexibility index (Phi) is 71.8.